The predicted molar refractivity (Wildman–Crippen MR) is 83.0 cm³/mol. The van der Waals surface area contributed by atoms with Gasteiger partial charge in [-0.3, -0.25) is 0 Å². The van der Waals surface area contributed by atoms with Crippen LogP contribution in [0.3, 0.4) is 0 Å². The highest BCUT2D eigenvalue weighted by Crippen LogP contribution is 2.27. The molecule has 1 atom stereocenters. The Labute approximate surface area is 119 Å². The maximum absolute atomic E-state index is 4.66. The van der Waals surface area contributed by atoms with E-state index in [1.54, 1.807) is 0 Å². The molecular weight excluding hydrogens is 252 g/mol. The Morgan fingerprint density at radius 3 is 2.26 bits per heavy atom. The summed E-state index contributed by atoms with van der Waals surface area (Å²) in [6, 6.07) is 6.83. The topological polar surface area (TPSA) is 24.9 Å². The van der Waals surface area contributed by atoms with Crippen LogP contribution in [-0.4, -0.2) is 12.0 Å². The van der Waals surface area contributed by atoms with Crippen molar-refractivity contribution in [3.05, 3.63) is 50.5 Å². The molecule has 3 heteroatoms. The molecule has 0 fully saturated rings. The molecule has 19 heavy (non-hydrogen) atoms. The second-order valence-electron chi connectivity index (χ2n) is 5.10. The fourth-order valence-electron chi connectivity index (χ4n) is 2.53. The number of hydrogen-bond donors (Lipinski definition) is 1. The van der Waals surface area contributed by atoms with E-state index in [-0.39, 0.29) is 0 Å². The number of likely N-dealkylation sites (N-methyl/N-ethyl adjacent to an activating group) is 1. The Balaban J connectivity index is 2.30. The summed E-state index contributed by atoms with van der Waals surface area (Å²) in [4.78, 5) is 5.99. The molecule has 0 amide bonds. The van der Waals surface area contributed by atoms with Crippen molar-refractivity contribution in [2.45, 2.75) is 40.2 Å². The standard InChI is InChI=1S/C16H22N2S/c1-10-7-6-8-11(2)16(10)14(17-5)9-15-18-12(3)13(4)19-15/h6-8,14,17H,9H2,1-5H3. The van der Waals surface area contributed by atoms with Crippen molar-refractivity contribution in [2.24, 2.45) is 0 Å². The number of aromatic nitrogens is 1. The van der Waals surface area contributed by atoms with Gasteiger partial charge in [0.25, 0.3) is 0 Å². The smallest absolute Gasteiger partial charge is 0.0949 e. The van der Waals surface area contributed by atoms with Crippen LogP contribution in [0.2, 0.25) is 0 Å². The van der Waals surface area contributed by atoms with Gasteiger partial charge in [-0.15, -0.1) is 11.3 Å². The normalized spacial score (nSPS) is 12.7. The van der Waals surface area contributed by atoms with Crippen LogP contribution in [0.4, 0.5) is 0 Å². The van der Waals surface area contributed by atoms with E-state index in [1.165, 1.54) is 26.6 Å². The first kappa shape index (κ1) is 14.2. The first-order chi connectivity index (χ1) is 9.02. The van der Waals surface area contributed by atoms with Gasteiger partial charge in [-0.05, 0) is 51.4 Å². The molecule has 1 aromatic carbocycles. The van der Waals surface area contributed by atoms with Gasteiger partial charge < -0.3 is 5.32 Å². The lowest BCUT2D eigenvalue weighted by Crippen LogP contribution is -2.20. The molecule has 1 unspecified atom stereocenters. The summed E-state index contributed by atoms with van der Waals surface area (Å²) in [6.07, 6.45) is 0.960. The number of nitrogens with one attached hydrogen (secondary N) is 1. The molecule has 1 N–H and O–H groups in total. The SMILES string of the molecule is CNC(Cc1nc(C)c(C)s1)c1c(C)cccc1C. The van der Waals surface area contributed by atoms with E-state index in [4.69, 9.17) is 0 Å². The zero-order valence-corrected chi connectivity index (χ0v) is 13.2. The average molecular weight is 274 g/mol. The average Bonchev–Trinajstić information content (AvgIpc) is 2.67. The molecule has 2 aromatic rings. The first-order valence-corrected chi connectivity index (χ1v) is 7.51. The summed E-state index contributed by atoms with van der Waals surface area (Å²) in [7, 11) is 2.03. The molecular formula is C16H22N2S. The van der Waals surface area contributed by atoms with Crippen molar-refractivity contribution in [3.63, 3.8) is 0 Å². The lowest BCUT2D eigenvalue weighted by Gasteiger charge is -2.20. The number of aryl methyl sites for hydroxylation is 4. The molecule has 0 saturated carbocycles. The van der Waals surface area contributed by atoms with Gasteiger partial charge >= 0.3 is 0 Å². The van der Waals surface area contributed by atoms with Crippen molar-refractivity contribution < 1.29 is 0 Å². The van der Waals surface area contributed by atoms with Crippen molar-refractivity contribution in [1.29, 1.82) is 0 Å². The quantitative estimate of drug-likeness (QED) is 0.915. The highest BCUT2D eigenvalue weighted by molar-refractivity contribution is 7.11. The lowest BCUT2D eigenvalue weighted by atomic mass is 9.94. The van der Waals surface area contributed by atoms with Crippen molar-refractivity contribution in [1.82, 2.24) is 10.3 Å². The minimum absolute atomic E-state index is 0.339. The maximum atomic E-state index is 4.66. The number of hydrogen-bond acceptors (Lipinski definition) is 3. The minimum atomic E-state index is 0.339. The fourth-order valence-corrected chi connectivity index (χ4v) is 3.51. The minimum Gasteiger partial charge on any atom is -0.313 e. The van der Waals surface area contributed by atoms with E-state index < -0.39 is 0 Å². The van der Waals surface area contributed by atoms with Gasteiger partial charge in [0, 0.05) is 17.3 Å². The predicted octanol–water partition coefficient (Wildman–Crippen LogP) is 3.88. The number of thiazole rings is 1. The monoisotopic (exact) mass is 274 g/mol. The molecule has 1 heterocycles. The van der Waals surface area contributed by atoms with Crippen LogP contribution in [-0.2, 0) is 6.42 Å². The Morgan fingerprint density at radius 1 is 1.16 bits per heavy atom. The molecule has 0 aliphatic heterocycles. The first-order valence-electron chi connectivity index (χ1n) is 6.69. The third-order valence-electron chi connectivity index (χ3n) is 3.69. The summed E-state index contributed by atoms with van der Waals surface area (Å²) < 4.78 is 0. The molecule has 102 valence electrons. The molecule has 0 aliphatic carbocycles. The van der Waals surface area contributed by atoms with E-state index >= 15 is 0 Å². The molecule has 0 aliphatic rings. The highest BCUT2D eigenvalue weighted by Gasteiger charge is 2.17. The lowest BCUT2D eigenvalue weighted by molar-refractivity contribution is 0.584. The largest absolute Gasteiger partial charge is 0.313 e. The van der Waals surface area contributed by atoms with Crippen molar-refractivity contribution in [2.75, 3.05) is 7.05 Å². The van der Waals surface area contributed by atoms with Gasteiger partial charge in [-0.2, -0.15) is 0 Å². The van der Waals surface area contributed by atoms with E-state index in [0.717, 1.165) is 12.1 Å². The summed E-state index contributed by atoms with van der Waals surface area (Å²) >= 11 is 1.81. The summed E-state index contributed by atoms with van der Waals surface area (Å²) in [5.74, 6) is 0. The van der Waals surface area contributed by atoms with Crippen LogP contribution in [0.15, 0.2) is 18.2 Å². The molecule has 1 aromatic heterocycles. The van der Waals surface area contributed by atoms with Crippen LogP contribution in [0.25, 0.3) is 0 Å². The summed E-state index contributed by atoms with van der Waals surface area (Å²) in [5.41, 5.74) is 5.28. The van der Waals surface area contributed by atoms with Crippen LogP contribution < -0.4 is 5.32 Å². The summed E-state index contributed by atoms with van der Waals surface area (Å²) in [6.45, 7) is 8.60. The van der Waals surface area contributed by atoms with Crippen LogP contribution in [0.5, 0.6) is 0 Å². The van der Waals surface area contributed by atoms with Gasteiger partial charge in [-0.1, -0.05) is 18.2 Å². The van der Waals surface area contributed by atoms with Gasteiger partial charge in [0.1, 0.15) is 0 Å². The fraction of sp³-hybridized carbons (Fsp3) is 0.438. The molecule has 0 bridgehead atoms. The summed E-state index contributed by atoms with van der Waals surface area (Å²) in [5, 5.41) is 4.66. The molecule has 0 spiro atoms. The Morgan fingerprint density at radius 2 is 1.79 bits per heavy atom. The van der Waals surface area contributed by atoms with Gasteiger partial charge in [0.2, 0.25) is 0 Å². The molecule has 0 radical (unpaired) electrons. The molecule has 2 nitrogen and oxygen atoms in total. The molecule has 2 rings (SSSR count). The van der Waals surface area contributed by atoms with E-state index in [1.807, 2.05) is 18.4 Å². The maximum Gasteiger partial charge on any atom is 0.0949 e. The second kappa shape index (κ2) is 5.85. The number of nitrogens with zero attached hydrogens (tertiary/aromatic N) is 1. The van der Waals surface area contributed by atoms with Crippen LogP contribution in [0, 0.1) is 27.7 Å². The van der Waals surface area contributed by atoms with Gasteiger partial charge in [-0.25, -0.2) is 4.98 Å². The van der Waals surface area contributed by atoms with E-state index in [0.29, 0.717) is 6.04 Å². The Kier molecular flexibility index (Phi) is 4.38. The highest BCUT2D eigenvalue weighted by atomic mass is 32.1. The third kappa shape index (κ3) is 3.04. The van der Waals surface area contributed by atoms with E-state index in [2.05, 4.69) is 56.2 Å². The zero-order valence-electron chi connectivity index (χ0n) is 12.4. The number of benzene rings is 1. The van der Waals surface area contributed by atoms with Crippen LogP contribution in [0.1, 0.15) is 38.3 Å². The second-order valence-corrected chi connectivity index (χ2v) is 6.39. The van der Waals surface area contributed by atoms with Gasteiger partial charge in [0.15, 0.2) is 0 Å². The van der Waals surface area contributed by atoms with Crippen molar-refractivity contribution >= 4 is 11.3 Å². The van der Waals surface area contributed by atoms with Crippen molar-refractivity contribution in [3.8, 4) is 0 Å². The van der Waals surface area contributed by atoms with Crippen LogP contribution >= 0.6 is 11.3 Å². The van der Waals surface area contributed by atoms with E-state index in [9.17, 15) is 0 Å². The molecule has 0 saturated heterocycles. The number of rotatable bonds is 4. The zero-order chi connectivity index (χ0) is 14.0. The van der Waals surface area contributed by atoms with Gasteiger partial charge in [0.05, 0.1) is 10.7 Å². The Bertz CT molecular complexity index is 532. The Hall–Kier alpha value is -1.19. The third-order valence-corrected chi connectivity index (χ3v) is 4.79.